The molecule has 6 aromatic rings. The second kappa shape index (κ2) is 53.7. The van der Waals surface area contributed by atoms with Gasteiger partial charge in [-0.25, -0.2) is 0 Å². The third-order valence-electron chi connectivity index (χ3n) is 24.2. The fourth-order valence-corrected chi connectivity index (χ4v) is 16.7. The Balaban J connectivity index is 0.757. The molecule has 0 radical (unpaired) electrons. The molecule has 0 bridgehead atoms. The van der Waals surface area contributed by atoms with Crippen molar-refractivity contribution in [3.63, 3.8) is 0 Å². The zero-order valence-electron chi connectivity index (χ0n) is 78.6. The van der Waals surface area contributed by atoms with Gasteiger partial charge in [0.05, 0.1) is 50.0 Å². The fourth-order valence-electron chi connectivity index (χ4n) is 16.7. The number of ether oxygens (including phenoxy) is 2. The van der Waals surface area contributed by atoms with Gasteiger partial charge in [0, 0.05) is 225 Å². The average molecular weight is 1910 g/mol. The minimum atomic E-state index is -1.28. The summed E-state index contributed by atoms with van der Waals surface area (Å²) in [4.78, 5) is 197. The molecule has 6 amide bonds. The molecule has 0 aliphatic carbocycles. The molecule has 4 aromatic carbocycles. The van der Waals surface area contributed by atoms with Crippen molar-refractivity contribution in [3.8, 4) is 57.1 Å². The van der Waals surface area contributed by atoms with Gasteiger partial charge in [-0.05, 0) is 116 Å². The van der Waals surface area contributed by atoms with Crippen LogP contribution in [0.15, 0.2) is 72.8 Å². The molecule has 3 aliphatic heterocycles. The number of hydrogen-bond acceptors (Lipinski definition) is 30. The number of nitrogens with zero attached hydrogens (tertiary/aromatic N) is 14. The molecule has 43 nitrogen and oxygen atoms in total. The fraction of sp³-hybridized carbons (Fsp3) is 0.553. The van der Waals surface area contributed by atoms with Crippen molar-refractivity contribution in [2.24, 2.45) is 5.92 Å². The van der Waals surface area contributed by atoms with Crippen molar-refractivity contribution in [1.29, 1.82) is 0 Å². The number of piperazine rings is 2. The van der Waals surface area contributed by atoms with Gasteiger partial charge in [-0.1, -0.05) is 52.0 Å². The van der Waals surface area contributed by atoms with Gasteiger partial charge in [-0.3, -0.25) is 106 Å². The van der Waals surface area contributed by atoms with E-state index >= 15 is 0 Å². The molecule has 137 heavy (non-hydrogen) atoms. The lowest BCUT2D eigenvalue weighted by molar-refractivity contribution is -0.145. The third kappa shape index (κ3) is 33.3. The molecule has 0 saturated carbocycles. The number of hydrogen-bond donors (Lipinski definition) is 13. The Bertz CT molecular complexity index is 5110. The molecule has 2 aromatic heterocycles. The van der Waals surface area contributed by atoms with Crippen LogP contribution in [0.1, 0.15) is 180 Å². The maximum atomic E-state index is 14.3. The number of carboxylic acid groups (broad SMARTS) is 5. The molecule has 13 N–H and O–H groups in total. The Morgan fingerprint density at radius 3 is 1.30 bits per heavy atom. The lowest BCUT2D eigenvalue weighted by Gasteiger charge is -2.35. The van der Waals surface area contributed by atoms with Gasteiger partial charge >= 0.3 is 29.8 Å². The monoisotopic (exact) mass is 1910 g/mol. The number of amides is 6. The highest BCUT2D eigenvalue weighted by atomic mass is 16.5. The van der Waals surface area contributed by atoms with E-state index in [0.717, 1.165) is 11.1 Å². The first kappa shape index (κ1) is 108. The Labute approximate surface area is 793 Å². The molecular weight excluding hydrogens is 1780 g/mol. The number of phenols is 4. The van der Waals surface area contributed by atoms with E-state index in [1.807, 2.05) is 64.1 Å². The average Bonchev–Trinajstić information content (AvgIpc) is 1.63. The van der Waals surface area contributed by atoms with Crippen LogP contribution in [0.4, 0.5) is 0 Å². The van der Waals surface area contributed by atoms with E-state index in [1.165, 1.54) is 16.7 Å². The van der Waals surface area contributed by atoms with Crippen LogP contribution in [0.3, 0.4) is 0 Å². The van der Waals surface area contributed by atoms with Gasteiger partial charge in [0.25, 0.3) is 11.8 Å². The number of phenolic OH excluding ortho intramolecular Hbond substituents is 4. The number of carbonyl (C=O) groups is 14. The van der Waals surface area contributed by atoms with Crippen LogP contribution < -0.4 is 21.3 Å². The normalized spacial score (nSPS) is 15.5. The summed E-state index contributed by atoms with van der Waals surface area (Å²) in [5, 5.41) is 120. The second-order valence-electron chi connectivity index (χ2n) is 35.0. The van der Waals surface area contributed by atoms with Gasteiger partial charge in [-0.15, -0.1) is 20.4 Å². The molecule has 0 spiro atoms. The van der Waals surface area contributed by atoms with Gasteiger partial charge in [0.2, 0.25) is 35.3 Å². The lowest BCUT2D eigenvalue weighted by atomic mass is 9.93. The van der Waals surface area contributed by atoms with E-state index < -0.39 is 109 Å². The Morgan fingerprint density at radius 1 is 0.423 bits per heavy atom. The highest BCUT2D eigenvalue weighted by molar-refractivity contribution is 5.94. The van der Waals surface area contributed by atoms with Crippen LogP contribution in [-0.2, 0) is 80.1 Å². The number of carbonyl (C=O) groups excluding carboxylic acids is 9. The summed E-state index contributed by atoms with van der Waals surface area (Å²) in [6.07, 6.45) is -1.88. The number of Topliss-reactive ketones (excluding diaryl/α,β-unsaturated/α-hetero) is 3. The van der Waals surface area contributed by atoms with E-state index in [2.05, 4.69) is 51.5 Å². The molecule has 0 unspecified atom stereocenters. The topological polar surface area (TPSA) is 575 Å². The van der Waals surface area contributed by atoms with Crippen LogP contribution >= 0.6 is 0 Å². The SMILES string of the molecule is CCNC(=O)c1nnc(-c2cc(C(C)C)c(O)cc2O)n1-c1ccc(CN2CCN(C(=O)CCNC(=O)[C@@H](CCC(=O)N3CCN(Cc4ccc(-n5c(C(=O)NCC)nnc5-c5cc(C(C)C)c(O)cc5O)cc4)CC3)CC(=O)CCCC(=O)[C@@H](CCC(=O)O)NC(=O)COCCOCCCC(=O)CC[C@H](C(=O)O)N3CCN(CC(=O)O)CCN(CC(=O)O)CCN(CC(=O)O)CC3)CC2)cc1. The number of ketones is 3. The Hall–Kier alpha value is -12.8. The maximum absolute atomic E-state index is 14.3. The van der Waals surface area contributed by atoms with Crippen molar-refractivity contribution in [2.45, 2.75) is 162 Å². The molecule has 5 heterocycles. The van der Waals surface area contributed by atoms with Crippen LogP contribution in [0.25, 0.3) is 34.2 Å². The number of aliphatic carboxylic acids is 5. The molecule has 9 rings (SSSR count). The van der Waals surface area contributed by atoms with Crippen LogP contribution in [-0.4, -0.2) is 380 Å². The van der Waals surface area contributed by atoms with Crippen molar-refractivity contribution >= 4 is 82.6 Å². The minimum absolute atomic E-state index is 0.0132. The van der Waals surface area contributed by atoms with E-state index in [4.69, 9.17) is 9.47 Å². The predicted octanol–water partition coefficient (Wildman–Crippen LogP) is 3.78. The molecule has 746 valence electrons. The number of carboxylic acids is 5. The van der Waals surface area contributed by atoms with Crippen LogP contribution in [0.2, 0.25) is 0 Å². The standard InChI is InChI=1S/C94H130N18O25/c1-7-95-92(132)89-101-99-87(71-50-69(60(3)4)76(116)52-78(71)118)111(89)65-19-14-62(15-20-65)54-103-36-42-109(43-37-103)81(121)26-18-64(91(131)97-29-28-82(122)110-44-38-104(39-45-110)55-63-16-21-66(22-17-63)112-88(100-102-90(112)93(133)96-8-2)72-51-70(61(5)6)77(117)53-79(72)119)49-68(114)11-9-13-75(115)73(24-27-83(123)124)98-80(120)59-137-48-47-136-46-10-12-67(113)23-25-74(94(134)135)108-40-34-106(57-85(127)128)32-30-105(56-84(125)126)31-33-107(35-41-108)58-86(129)130/h14-17,19-22,50-53,60-61,64,73-74,116-119H,7-13,18,23-49,54-59H2,1-6H3,(H,95,132)(H,96,133)(H,97,131)(H,98,120)(H,123,124)(H,125,126)(H,127,128)(H,129,130)(H,134,135)/t64-,73+,74+/m0/s1. The summed E-state index contributed by atoms with van der Waals surface area (Å²) in [6, 6.07) is 18.0. The van der Waals surface area contributed by atoms with E-state index in [0.29, 0.717) is 101 Å². The van der Waals surface area contributed by atoms with E-state index in [1.54, 1.807) is 72.1 Å². The molecule has 3 fully saturated rings. The van der Waals surface area contributed by atoms with E-state index in [-0.39, 0.29) is 249 Å². The Kier molecular flexibility index (Phi) is 42.3. The lowest BCUT2D eigenvalue weighted by Crippen LogP contribution is -2.51. The minimum Gasteiger partial charge on any atom is -0.508 e. The summed E-state index contributed by atoms with van der Waals surface area (Å²) in [6.45, 7) is 15.1. The first-order chi connectivity index (χ1) is 65.5. The smallest absolute Gasteiger partial charge is 0.320 e. The number of nitrogens with one attached hydrogen (secondary N) is 4. The first-order valence-corrected chi connectivity index (χ1v) is 46.6. The number of aromatic nitrogens is 6. The summed E-state index contributed by atoms with van der Waals surface area (Å²) in [5.41, 5.74) is 4.54. The highest BCUT2D eigenvalue weighted by Gasteiger charge is 2.34. The van der Waals surface area contributed by atoms with Crippen molar-refractivity contribution < 1.29 is 123 Å². The summed E-state index contributed by atoms with van der Waals surface area (Å²) < 4.78 is 14.2. The molecule has 43 heteroatoms. The number of rotatable bonds is 52. The van der Waals surface area contributed by atoms with Crippen molar-refractivity contribution in [2.75, 3.05) is 170 Å². The van der Waals surface area contributed by atoms with Crippen molar-refractivity contribution in [3.05, 3.63) is 107 Å². The van der Waals surface area contributed by atoms with Crippen molar-refractivity contribution in [1.82, 2.24) is 90.0 Å². The summed E-state index contributed by atoms with van der Waals surface area (Å²) in [5.74, 6) is -11.6. The number of aromatic hydroxyl groups is 4. The van der Waals surface area contributed by atoms with Gasteiger partial charge in [0.1, 0.15) is 47.2 Å². The largest absolute Gasteiger partial charge is 0.508 e. The van der Waals surface area contributed by atoms with Crippen LogP contribution in [0, 0.1) is 5.92 Å². The van der Waals surface area contributed by atoms with Crippen LogP contribution in [0.5, 0.6) is 23.0 Å². The highest BCUT2D eigenvalue weighted by Crippen LogP contribution is 2.41. The molecule has 3 atom stereocenters. The zero-order chi connectivity index (χ0) is 99.5. The first-order valence-electron chi connectivity index (χ1n) is 46.6. The predicted molar refractivity (Wildman–Crippen MR) is 496 cm³/mol. The quantitative estimate of drug-likeness (QED) is 0.0242. The molecule has 3 saturated heterocycles. The molecular formula is C94H130N18O25. The van der Waals surface area contributed by atoms with E-state index in [9.17, 15) is 113 Å². The number of benzene rings is 4. The third-order valence-corrected chi connectivity index (χ3v) is 24.2. The zero-order valence-corrected chi connectivity index (χ0v) is 78.6. The summed E-state index contributed by atoms with van der Waals surface area (Å²) in [7, 11) is 0. The maximum Gasteiger partial charge on any atom is 0.320 e. The van der Waals surface area contributed by atoms with Gasteiger partial charge < -0.3 is 86.5 Å². The summed E-state index contributed by atoms with van der Waals surface area (Å²) >= 11 is 0. The van der Waals surface area contributed by atoms with Gasteiger partial charge in [-0.2, -0.15) is 0 Å². The second-order valence-corrected chi connectivity index (χ2v) is 35.0. The molecule has 3 aliphatic rings. The Morgan fingerprint density at radius 2 is 0.861 bits per heavy atom. The van der Waals surface area contributed by atoms with Gasteiger partial charge in [0.15, 0.2) is 17.4 Å².